The van der Waals surface area contributed by atoms with Gasteiger partial charge in [-0.1, -0.05) is 0 Å². The monoisotopic (exact) mass is 303 g/mol. The summed E-state index contributed by atoms with van der Waals surface area (Å²) in [4.78, 5) is 23.0. The van der Waals surface area contributed by atoms with Gasteiger partial charge in [-0.25, -0.2) is 0 Å². The molecular formula is C12H12F3N3O3. The lowest BCUT2D eigenvalue weighted by molar-refractivity contribution is -0.385. The smallest absolute Gasteiger partial charge is 0.399 e. The largest absolute Gasteiger partial charge is 0.406 e. The summed E-state index contributed by atoms with van der Waals surface area (Å²) in [5.74, 6) is -1.02. The number of rotatable bonds is 4. The predicted octanol–water partition coefficient (Wildman–Crippen LogP) is 2.34. The van der Waals surface area contributed by atoms with Crippen molar-refractivity contribution < 1.29 is 22.9 Å². The number of nitrogen functional groups attached to an aromatic ring is 1. The van der Waals surface area contributed by atoms with Crippen molar-refractivity contribution in [2.45, 2.75) is 25.1 Å². The molecule has 9 heteroatoms. The maximum atomic E-state index is 12.6. The van der Waals surface area contributed by atoms with Crippen LogP contribution in [0.2, 0.25) is 0 Å². The van der Waals surface area contributed by atoms with Crippen molar-refractivity contribution in [1.29, 1.82) is 0 Å². The van der Waals surface area contributed by atoms with Gasteiger partial charge in [0.25, 0.3) is 11.6 Å². The Kier molecular flexibility index (Phi) is 3.75. The molecule has 0 bridgehead atoms. The van der Waals surface area contributed by atoms with Gasteiger partial charge in [0.2, 0.25) is 0 Å². The van der Waals surface area contributed by atoms with Gasteiger partial charge in [-0.15, -0.1) is 0 Å². The Morgan fingerprint density at radius 3 is 2.52 bits per heavy atom. The molecule has 0 saturated heterocycles. The fourth-order valence-electron chi connectivity index (χ4n) is 1.98. The molecule has 0 atom stereocenters. The molecular weight excluding hydrogens is 291 g/mol. The van der Waals surface area contributed by atoms with E-state index in [1.807, 2.05) is 0 Å². The van der Waals surface area contributed by atoms with Crippen LogP contribution in [0.1, 0.15) is 23.2 Å². The van der Waals surface area contributed by atoms with Gasteiger partial charge in [0.15, 0.2) is 0 Å². The van der Waals surface area contributed by atoms with Crippen LogP contribution in [0, 0.1) is 10.1 Å². The number of carbonyl (C=O) groups excluding carboxylic acids is 1. The minimum Gasteiger partial charge on any atom is -0.399 e. The summed E-state index contributed by atoms with van der Waals surface area (Å²) in [7, 11) is 0. The van der Waals surface area contributed by atoms with Crippen LogP contribution in [0.4, 0.5) is 24.5 Å². The van der Waals surface area contributed by atoms with E-state index in [2.05, 4.69) is 0 Å². The Morgan fingerprint density at radius 2 is 2.05 bits per heavy atom. The Bertz CT molecular complexity index is 585. The highest BCUT2D eigenvalue weighted by molar-refractivity contribution is 5.99. The third kappa shape index (κ3) is 3.61. The van der Waals surface area contributed by atoms with Crippen molar-refractivity contribution in [3.05, 3.63) is 33.9 Å². The molecule has 1 aliphatic rings. The Balaban J connectivity index is 2.37. The van der Waals surface area contributed by atoms with Crippen molar-refractivity contribution in [2.24, 2.45) is 0 Å². The first-order valence-electron chi connectivity index (χ1n) is 6.10. The first-order chi connectivity index (χ1) is 9.69. The van der Waals surface area contributed by atoms with Crippen LogP contribution >= 0.6 is 0 Å². The quantitative estimate of drug-likeness (QED) is 0.525. The molecule has 0 aliphatic heterocycles. The fourth-order valence-corrected chi connectivity index (χ4v) is 1.98. The van der Waals surface area contributed by atoms with Gasteiger partial charge in [-0.2, -0.15) is 13.2 Å². The van der Waals surface area contributed by atoms with E-state index < -0.39 is 40.8 Å². The molecule has 1 aromatic rings. The highest BCUT2D eigenvalue weighted by Gasteiger charge is 2.42. The summed E-state index contributed by atoms with van der Waals surface area (Å²) in [5, 5.41) is 10.9. The van der Waals surface area contributed by atoms with Crippen LogP contribution in [0.3, 0.4) is 0 Å². The molecule has 1 fully saturated rings. The van der Waals surface area contributed by atoms with Crippen molar-refractivity contribution >= 4 is 17.3 Å². The normalized spacial score (nSPS) is 14.8. The van der Waals surface area contributed by atoms with E-state index in [1.54, 1.807) is 0 Å². The van der Waals surface area contributed by atoms with Crippen LogP contribution in [0.25, 0.3) is 0 Å². The molecule has 0 spiro atoms. The van der Waals surface area contributed by atoms with E-state index in [1.165, 1.54) is 6.07 Å². The molecule has 0 aromatic heterocycles. The number of nitrogens with two attached hydrogens (primary N) is 1. The number of nitro benzene ring substituents is 1. The number of benzene rings is 1. The van der Waals surface area contributed by atoms with Crippen molar-refractivity contribution in [1.82, 2.24) is 4.90 Å². The highest BCUT2D eigenvalue weighted by Crippen LogP contribution is 2.33. The van der Waals surface area contributed by atoms with Gasteiger partial charge in [-0.05, 0) is 25.0 Å². The summed E-state index contributed by atoms with van der Waals surface area (Å²) in [5.41, 5.74) is 4.57. The molecule has 1 saturated carbocycles. The Morgan fingerprint density at radius 1 is 1.43 bits per heavy atom. The molecule has 0 radical (unpaired) electrons. The van der Waals surface area contributed by atoms with Crippen LogP contribution in [-0.2, 0) is 0 Å². The minimum absolute atomic E-state index is 0.0757. The van der Waals surface area contributed by atoms with Gasteiger partial charge in [0, 0.05) is 17.8 Å². The number of halogens is 3. The number of nitro groups is 1. The molecule has 1 aromatic carbocycles. The topological polar surface area (TPSA) is 89.5 Å². The number of hydrogen-bond donors (Lipinski definition) is 1. The molecule has 2 N–H and O–H groups in total. The number of nitrogens with zero attached hydrogens (tertiary/aromatic N) is 2. The number of alkyl halides is 3. The predicted molar refractivity (Wildman–Crippen MR) is 67.6 cm³/mol. The SMILES string of the molecule is Nc1ccc([N+](=O)[O-])c(C(=O)N(CC(F)(F)F)C2CC2)c1. The van der Waals surface area contributed by atoms with E-state index in [0.29, 0.717) is 17.7 Å². The first-order valence-corrected chi connectivity index (χ1v) is 6.10. The zero-order chi connectivity index (χ0) is 15.8. The van der Waals surface area contributed by atoms with Crippen LogP contribution in [0.5, 0.6) is 0 Å². The lowest BCUT2D eigenvalue weighted by atomic mass is 10.1. The summed E-state index contributed by atoms with van der Waals surface area (Å²) < 4.78 is 37.7. The standard InChI is InChI=1S/C12H12F3N3O3/c13-12(14,15)6-17(8-2-3-8)11(19)9-5-7(16)1-4-10(9)18(20)21/h1,4-5,8H,2-3,6,16H2. The van der Waals surface area contributed by atoms with E-state index in [4.69, 9.17) is 5.73 Å². The highest BCUT2D eigenvalue weighted by atomic mass is 19.4. The number of hydrogen-bond acceptors (Lipinski definition) is 4. The third-order valence-corrected chi connectivity index (χ3v) is 3.05. The lowest BCUT2D eigenvalue weighted by Gasteiger charge is -2.23. The zero-order valence-corrected chi connectivity index (χ0v) is 10.8. The minimum atomic E-state index is -4.56. The van der Waals surface area contributed by atoms with Gasteiger partial charge in [0.1, 0.15) is 12.1 Å². The van der Waals surface area contributed by atoms with Crippen LogP contribution < -0.4 is 5.73 Å². The maximum absolute atomic E-state index is 12.6. The van der Waals surface area contributed by atoms with Crippen LogP contribution in [0.15, 0.2) is 18.2 Å². The molecule has 21 heavy (non-hydrogen) atoms. The Hall–Kier alpha value is -2.32. The average Bonchev–Trinajstić information content (AvgIpc) is 3.17. The fraction of sp³-hybridized carbons (Fsp3) is 0.417. The molecule has 2 rings (SSSR count). The van der Waals surface area contributed by atoms with Gasteiger partial charge < -0.3 is 10.6 Å². The van der Waals surface area contributed by atoms with Gasteiger partial charge in [0.05, 0.1) is 4.92 Å². The second-order valence-corrected chi connectivity index (χ2v) is 4.81. The molecule has 0 unspecified atom stereocenters. The van der Waals surface area contributed by atoms with Crippen molar-refractivity contribution in [2.75, 3.05) is 12.3 Å². The van der Waals surface area contributed by atoms with E-state index >= 15 is 0 Å². The second-order valence-electron chi connectivity index (χ2n) is 4.81. The molecule has 1 aliphatic carbocycles. The summed E-state index contributed by atoms with van der Waals surface area (Å²) >= 11 is 0. The zero-order valence-electron chi connectivity index (χ0n) is 10.8. The van der Waals surface area contributed by atoms with Crippen LogP contribution in [-0.4, -0.2) is 34.5 Å². The van der Waals surface area contributed by atoms with Gasteiger partial charge >= 0.3 is 6.18 Å². The summed E-state index contributed by atoms with van der Waals surface area (Å²) in [6.07, 6.45) is -3.65. The number of carbonyl (C=O) groups is 1. The van der Waals surface area contributed by atoms with E-state index in [0.717, 1.165) is 12.1 Å². The number of amides is 1. The molecule has 0 heterocycles. The van der Waals surface area contributed by atoms with E-state index in [-0.39, 0.29) is 5.69 Å². The van der Waals surface area contributed by atoms with Gasteiger partial charge in [-0.3, -0.25) is 14.9 Å². The maximum Gasteiger partial charge on any atom is 0.406 e. The molecule has 114 valence electrons. The molecule has 6 nitrogen and oxygen atoms in total. The Labute approximate surface area is 117 Å². The van der Waals surface area contributed by atoms with Crippen molar-refractivity contribution in [3.8, 4) is 0 Å². The molecule has 1 amide bonds. The second kappa shape index (κ2) is 5.23. The lowest BCUT2D eigenvalue weighted by Crippen LogP contribution is -2.40. The summed E-state index contributed by atoms with van der Waals surface area (Å²) in [6, 6.07) is 2.74. The third-order valence-electron chi connectivity index (χ3n) is 3.05. The van der Waals surface area contributed by atoms with E-state index in [9.17, 15) is 28.1 Å². The van der Waals surface area contributed by atoms with Crippen molar-refractivity contribution in [3.63, 3.8) is 0 Å². The number of anilines is 1. The average molecular weight is 303 g/mol. The first kappa shape index (κ1) is 15.1. The summed E-state index contributed by atoms with van der Waals surface area (Å²) in [6.45, 7) is -1.43.